The summed E-state index contributed by atoms with van der Waals surface area (Å²) in [5, 5.41) is 13.1. The van der Waals surface area contributed by atoms with Gasteiger partial charge < -0.3 is 14.5 Å². The summed E-state index contributed by atoms with van der Waals surface area (Å²) < 4.78 is 5.45. The van der Waals surface area contributed by atoms with Gasteiger partial charge in [-0.3, -0.25) is 4.90 Å². The summed E-state index contributed by atoms with van der Waals surface area (Å²) in [5.74, 6) is 2.91. The molecule has 2 fully saturated rings. The van der Waals surface area contributed by atoms with Crippen LogP contribution in [0.3, 0.4) is 0 Å². The summed E-state index contributed by atoms with van der Waals surface area (Å²) in [6, 6.07) is 0.176. The molecule has 0 bridgehead atoms. The topological polar surface area (TPSA) is 65.6 Å². The lowest BCUT2D eigenvalue weighted by atomic mass is 9.96. The lowest BCUT2D eigenvalue weighted by Crippen LogP contribution is -2.39. The highest BCUT2D eigenvalue weighted by atomic mass is 16.5. The number of hydrogen-bond acceptors (Lipinski definition) is 6. The summed E-state index contributed by atoms with van der Waals surface area (Å²) in [4.78, 5) is 9.24. The van der Waals surface area contributed by atoms with Gasteiger partial charge in [0.05, 0.1) is 12.6 Å². The molecule has 1 N–H and O–H groups in total. The van der Waals surface area contributed by atoms with Crippen LogP contribution in [-0.2, 0) is 0 Å². The van der Waals surface area contributed by atoms with Crippen molar-refractivity contribution in [3.8, 4) is 0 Å². The van der Waals surface area contributed by atoms with Crippen LogP contribution in [0.1, 0.15) is 56.3 Å². The van der Waals surface area contributed by atoms with Crippen molar-refractivity contribution in [3.05, 3.63) is 11.7 Å². The molecule has 1 aliphatic heterocycles. The first kappa shape index (κ1) is 15.9. The van der Waals surface area contributed by atoms with E-state index in [4.69, 9.17) is 9.63 Å². The number of aliphatic hydroxyl groups excluding tert-OH is 1. The highest BCUT2D eigenvalue weighted by molar-refractivity contribution is 5.04. The third-order valence-electron chi connectivity index (χ3n) is 5.09. The third kappa shape index (κ3) is 3.86. The fraction of sp³-hybridized carbons (Fsp3) is 0.875. The van der Waals surface area contributed by atoms with Crippen molar-refractivity contribution < 1.29 is 9.63 Å². The minimum absolute atomic E-state index is 0.176. The van der Waals surface area contributed by atoms with E-state index in [1.54, 1.807) is 0 Å². The number of aliphatic hydroxyl groups is 1. The summed E-state index contributed by atoms with van der Waals surface area (Å²) in [5.41, 5.74) is 0. The van der Waals surface area contributed by atoms with E-state index in [1.807, 2.05) is 0 Å². The van der Waals surface area contributed by atoms with E-state index >= 15 is 0 Å². The number of aromatic nitrogens is 2. The normalized spacial score (nSPS) is 22.4. The van der Waals surface area contributed by atoms with E-state index < -0.39 is 0 Å². The molecule has 1 aliphatic carbocycles. The SMILES string of the molecule is C[C@H](c1nc(C2CC2)no1)N(C)CC1CCN(CCO)CC1. The Hall–Kier alpha value is -0.980. The lowest BCUT2D eigenvalue weighted by Gasteiger charge is -2.34. The highest BCUT2D eigenvalue weighted by Crippen LogP contribution is 2.38. The molecule has 1 saturated heterocycles. The largest absolute Gasteiger partial charge is 0.395 e. The predicted molar refractivity (Wildman–Crippen MR) is 83.6 cm³/mol. The Morgan fingerprint density at radius 3 is 2.68 bits per heavy atom. The number of hydrogen-bond donors (Lipinski definition) is 1. The van der Waals surface area contributed by atoms with Crippen molar-refractivity contribution in [1.29, 1.82) is 0 Å². The van der Waals surface area contributed by atoms with Crippen LogP contribution in [0, 0.1) is 5.92 Å². The smallest absolute Gasteiger partial charge is 0.243 e. The van der Waals surface area contributed by atoms with Gasteiger partial charge in [-0.15, -0.1) is 0 Å². The number of rotatable bonds is 7. The van der Waals surface area contributed by atoms with E-state index in [-0.39, 0.29) is 12.6 Å². The van der Waals surface area contributed by atoms with Crippen molar-refractivity contribution in [3.63, 3.8) is 0 Å². The first-order valence-electron chi connectivity index (χ1n) is 8.54. The van der Waals surface area contributed by atoms with Gasteiger partial charge in [0.25, 0.3) is 0 Å². The Bertz CT molecular complexity index is 466. The molecular formula is C16H28N4O2. The van der Waals surface area contributed by atoms with Gasteiger partial charge in [0.1, 0.15) is 0 Å². The lowest BCUT2D eigenvalue weighted by molar-refractivity contribution is 0.114. The molecule has 2 aliphatic rings. The van der Waals surface area contributed by atoms with Gasteiger partial charge in [0, 0.05) is 19.0 Å². The second-order valence-corrected chi connectivity index (χ2v) is 6.89. The Balaban J connectivity index is 1.47. The molecule has 0 radical (unpaired) electrons. The maximum Gasteiger partial charge on any atom is 0.243 e. The molecule has 124 valence electrons. The van der Waals surface area contributed by atoms with Crippen LogP contribution in [-0.4, -0.2) is 64.9 Å². The molecule has 0 spiro atoms. The van der Waals surface area contributed by atoms with Gasteiger partial charge in [0.15, 0.2) is 5.82 Å². The molecule has 1 aromatic heterocycles. The number of likely N-dealkylation sites (tertiary alicyclic amines) is 1. The maximum absolute atomic E-state index is 9.00. The molecule has 1 saturated carbocycles. The van der Waals surface area contributed by atoms with Gasteiger partial charge in [-0.05, 0) is 58.7 Å². The molecule has 3 rings (SSSR count). The van der Waals surface area contributed by atoms with E-state index in [0.717, 1.165) is 37.9 Å². The molecule has 0 unspecified atom stereocenters. The van der Waals surface area contributed by atoms with Crippen LogP contribution < -0.4 is 0 Å². The maximum atomic E-state index is 9.00. The second kappa shape index (κ2) is 7.06. The minimum atomic E-state index is 0.176. The van der Waals surface area contributed by atoms with Gasteiger partial charge in [-0.1, -0.05) is 5.16 Å². The summed E-state index contributed by atoms with van der Waals surface area (Å²) in [6.07, 6.45) is 4.81. The van der Waals surface area contributed by atoms with Gasteiger partial charge in [0.2, 0.25) is 5.89 Å². The molecular weight excluding hydrogens is 280 g/mol. The fourth-order valence-corrected chi connectivity index (χ4v) is 3.21. The van der Waals surface area contributed by atoms with Crippen LogP contribution in [0.25, 0.3) is 0 Å². The van der Waals surface area contributed by atoms with Crippen molar-refractivity contribution in [2.24, 2.45) is 5.92 Å². The Labute approximate surface area is 132 Å². The standard InChI is InChI=1S/C16H28N4O2/c1-12(16-17-15(18-22-16)14-3-4-14)19(2)11-13-5-7-20(8-6-13)9-10-21/h12-14,21H,3-11H2,1-2H3/t12-/m1/s1. The molecule has 0 aromatic carbocycles. The number of β-amino-alcohol motifs (C(OH)–C–C–N with tert-alkyl or cyclic N) is 1. The van der Waals surface area contributed by atoms with Crippen molar-refractivity contribution in [2.75, 3.05) is 39.8 Å². The molecule has 1 atom stereocenters. The zero-order chi connectivity index (χ0) is 15.5. The second-order valence-electron chi connectivity index (χ2n) is 6.89. The monoisotopic (exact) mass is 308 g/mol. The molecule has 0 amide bonds. The van der Waals surface area contributed by atoms with Crippen molar-refractivity contribution >= 4 is 0 Å². The Kier molecular flexibility index (Phi) is 5.10. The zero-order valence-electron chi connectivity index (χ0n) is 13.7. The average Bonchev–Trinajstić information content (AvgIpc) is 3.26. The molecule has 6 heteroatoms. The highest BCUT2D eigenvalue weighted by Gasteiger charge is 2.30. The molecule has 1 aromatic rings. The first-order valence-corrected chi connectivity index (χ1v) is 8.54. The van der Waals surface area contributed by atoms with Crippen LogP contribution in [0.5, 0.6) is 0 Å². The molecule has 6 nitrogen and oxygen atoms in total. The minimum Gasteiger partial charge on any atom is -0.395 e. The summed E-state index contributed by atoms with van der Waals surface area (Å²) >= 11 is 0. The Morgan fingerprint density at radius 2 is 2.05 bits per heavy atom. The summed E-state index contributed by atoms with van der Waals surface area (Å²) in [7, 11) is 2.14. The van der Waals surface area contributed by atoms with Gasteiger partial charge >= 0.3 is 0 Å². The van der Waals surface area contributed by atoms with E-state index in [2.05, 4.69) is 33.9 Å². The van der Waals surface area contributed by atoms with Crippen LogP contribution in [0.15, 0.2) is 4.52 Å². The first-order chi connectivity index (χ1) is 10.7. The Morgan fingerprint density at radius 1 is 1.32 bits per heavy atom. The quantitative estimate of drug-likeness (QED) is 0.826. The summed E-state index contributed by atoms with van der Waals surface area (Å²) in [6.45, 7) is 6.48. The fourth-order valence-electron chi connectivity index (χ4n) is 3.21. The number of piperidine rings is 1. The average molecular weight is 308 g/mol. The molecule has 22 heavy (non-hydrogen) atoms. The van der Waals surface area contributed by atoms with Crippen LogP contribution in [0.4, 0.5) is 0 Å². The number of nitrogens with zero attached hydrogens (tertiary/aromatic N) is 4. The van der Waals surface area contributed by atoms with Crippen molar-refractivity contribution in [1.82, 2.24) is 19.9 Å². The molecule has 2 heterocycles. The van der Waals surface area contributed by atoms with Gasteiger partial charge in [-0.2, -0.15) is 4.98 Å². The van der Waals surface area contributed by atoms with Crippen molar-refractivity contribution in [2.45, 2.75) is 44.6 Å². The third-order valence-corrected chi connectivity index (χ3v) is 5.09. The zero-order valence-corrected chi connectivity index (χ0v) is 13.7. The van der Waals surface area contributed by atoms with E-state index in [9.17, 15) is 0 Å². The van der Waals surface area contributed by atoms with Crippen LogP contribution >= 0.6 is 0 Å². The van der Waals surface area contributed by atoms with Gasteiger partial charge in [-0.25, -0.2) is 0 Å². The van der Waals surface area contributed by atoms with Crippen LogP contribution in [0.2, 0.25) is 0 Å². The van der Waals surface area contributed by atoms with E-state index in [0.29, 0.717) is 11.8 Å². The predicted octanol–water partition coefficient (Wildman–Crippen LogP) is 1.64. The van der Waals surface area contributed by atoms with E-state index in [1.165, 1.54) is 25.7 Å².